The molecule has 1 saturated carbocycles. The summed E-state index contributed by atoms with van der Waals surface area (Å²) in [5.41, 5.74) is 0.818. The Labute approximate surface area is 144 Å². The molecule has 0 bridgehead atoms. The van der Waals surface area contributed by atoms with Gasteiger partial charge in [-0.1, -0.05) is 36.8 Å². The van der Waals surface area contributed by atoms with E-state index in [-0.39, 0.29) is 12.2 Å². The molecule has 2 aliphatic heterocycles. The van der Waals surface area contributed by atoms with Crippen LogP contribution in [0, 0.1) is 0 Å². The minimum atomic E-state index is -0.758. The fourth-order valence-corrected chi connectivity index (χ4v) is 4.59. The van der Waals surface area contributed by atoms with Crippen molar-refractivity contribution in [2.45, 2.75) is 81.8 Å². The van der Waals surface area contributed by atoms with Crippen LogP contribution >= 0.6 is 0 Å². The maximum atomic E-state index is 10.2. The monoisotopic (exact) mass is 330 g/mol. The van der Waals surface area contributed by atoms with E-state index >= 15 is 0 Å². The SMILES string of the molecule is C[C@]12OC3(CCCCC3)O[C@H]1CB(O)O[C@H]2CCc1ccccc1. The second-order valence-electron chi connectivity index (χ2n) is 7.70. The fraction of sp³-hybridized carbons (Fsp3) is 0.684. The van der Waals surface area contributed by atoms with Gasteiger partial charge in [-0.15, -0.1) is 0 Å². The number of aryl methyl sites for hydroxylation is 1. The average Bonchev–Trinajstić information content (AvgIpc) is 2.86. The first-order valence-corrected chi connectivity index (χ1v) is 9.35. The lowest BCUT2D eigenvalue weighted by Gasteiger charge is -2.42. The Bertz CT molecular complexity index is 560. The third-order valence-corrected chi connectivity index (χ3v) is 5.93. The van der Waals surface area contributed by atoms with Gasteiger partial charge in [-0.05, 0) is 38.2 Å². The van der Waals surface area contributed by atoms with Crippen molar-refractivity contribution in [1.82, 2.24) is 0 Å². The summed E-state index contributed by atoms with van der Waals surface area (Å²) in [6.07, 6.45) is 7.49. The van der Waals surface area contributed by atoms with Gasteiger partial charge in [0.15, 0.2) is 5.79 Å². The van der Waals surface area contributed by atoms with Gasteiger partial charge in [0.05, 0.1) is 12.2 Å². The van der Waals surface area contributed by atoms with E-state index in [0.29, 0.717) is 6.32 Å². The molecule has 1 aromatic rings. The minimum Gasteiger partial charge on any atom is -0.427 e. The molecule has 2 saturated heterocycles. The van der Waals surface area contributed by atoms with Crippen LogP contribution in [0.3, 0.4) is 0 Å². The summed E-state index contributed by atoms with van der Waals surface area (Å²) < 4.78 is 18.9. The predicted molar refractivity (Wildman–Crippen MR) is 92.6 cm³/mol. The summed E-state index contributed by atoms with van der Waals surface area (Å²) in [4.78, 5) is 0. The summed E-state index contributed by atoms with van der Waals surface area (Å²) >= 11 is 0. The summed E-state index contributed by atoms with van der Waals surface area (Å²) in [5, 5.41) is 10.2. The first-order chi connectivity index (χ1) is 11.6. The lowest BCUT2D eigenvalue weighted by Crippen LogP contribution is -2.57. The molecule has 1 aliphatic carbocycles. The maximum Gasteiger partial charge on any atom is 0.457 e. The van der Waals surface area contributed by atoms with Crippen molar-refractivity contribution in [2.24, 2.45) is 0 Å². The van der Waals surface area contributed by atoms with Crippen molar-refractivity contribution in [3.8, 4) is 0 Å². The Morgan fingerprint density at radius 1 is 1.17 bits per heavy atom. The van der Waals surface area contributed by atoms with E-state index in [2.05, 4.69) is 31.2 Å². The van der Waals surface area contributed by atoms with Crippen molar-refractivity contribution >= 4 is 7.12 Å². The van der Waals surface area contributed by atoms with Crippen LogP contribution in [0.4, 0.5) is 0 Å². The number of hydrogen-bond acceptors (Lipinski definition) is 4. The van der Waals surface area contributed by atoms with Crippen LogP contribution in [0.25, 0.3) is 0 Å². The molecule has 0 radical (unpaired) electrons. The zero-order valence-electron chi connectivity index (χ0n) is 14.4. The van der Waals surface area contributed by atoms with Crippen LogP contribution in [-0.4, -0.2) is 35.7 Å². The van der Waals surface area contributed by atoms with Crippen LogP contribution in [0.15, 0.2) is 30.3 Å². The third-order valence-electron chi connectivity index (χ3n) is 5.93. The Morgan fingerprint density at radius 2 is 1.92 bits per heavy atom. The van der Waals surface area contributed by atoms with E-state index in [9.17, 15) is 5.02 Å². The molecule has 130 valence electrons. The molecule has 5 heteroatoms. The molecule has 2 heterocycles. The highest BCUT2D eigenvalue weighted by atomic mass is 16.8. The second-order valence-corrected chi connectivity index (χ2v) is 7.70. The summed E-state index contributed by atoms with van der Waals surface area (Å²) in [5.74, 6) is -0.448. The fourth-order valence-electron chi connectivity index (χ4n) is 4.59. The average molecular weight is 330 g/mol. The summed E-state index contributed by atoms with van der Waals surface area (Å²) in [7, 11) is -0.758. The zero-order valence-corrected chi connectivity index (χ0v) is 14.4. The molecule has 4 rings (SSSR count). The number of hydrogen-bond donors (Lipinski definition) is 1. The van der Waals surface area contributed by atoms with Gasteiger partial charge < -0.3 is 19.2 Å². The van der Waals surface area contributed by atoms with Gasteiger partial charge in [0, 0.05) is 19.2 Å². The molecule has 1 spiro atoms. The largest absolute Gasteiger partial charge is 0.457 e. The van der Waals surface area contributed by atoms with Gasteiger partial charge in [-0.25, -0.2) is 0 Å². The number of rotatable bonds is 3. The Hall–Kier alpha value is -0.875. The molecule has 1 aromatic carbocycles. The molecule has 0 amide bonds. The smallest absolute Gasteiger partial charge is 0.427 e. The van der Waals surface area contributed by atoms with Gasteiger partial charge in [0.2, 0.25) is 0 Å². The zero-order chi connectivity index (χ0) is 16.6. The molecule has 3 aliphatic rings. The standard InChI is InChI=1S/C19H27BO4/c1-18-16(11-10-15-8-4-2-5-9-15)23-20(21)14-17(18)22-19(24-18)12-6-3-7-13-19/h2,4-5,8-9,16-17,21H,3,6-7,10-14H2,1H3/t16-,17-,18+/m0/s1. The van der Waals surface area contributed by atoms with Crippen LogP contribution in [0.5, 0.6) is 0 Å². The van der Waals surface area contributed by atoms with Gasteiger partial charge in [0.25, 0.3) is 0 Å². The van der Waals surface area contributed by atoms with Gasteiger partial charge in [0.1, 0.15) is 5.60 Å². The molecule has 3 fully saturated rings. The highest BCUT2D eigenvalue weighted by Gasteiger charge is 2.61. The van der Waals surface area contributed by atoms with E-state index in [4.69, 9.17) is 14.1 Å². The van der Waals surface area contributed by atoms with E-state index in [0.717, 1.165) is 38.5 Å². The topological polar surface area (TPSA) is 47.9 Å². The number of fused-ring (bicyclic) bond motifs is 1. The third kappa shape index (κ3) is 3.03. The molecule has 0 aromatic heterocycles. The lowest BCUT2D eigenvalue weighted by atomic mass is 9.70. The van der Waals surface area contributed by atoms with E-state index in [1.807, 2.05) is 6.07 Å². The highest BCUT2D eigenvalue weighted by Crippen LogP contribution is 2.50. The molecule has 4 nitrogen and oxygen atoms in total. The lowest BCUT2D eigenvalue weighted by molar-refractivity contribution is -0.215. The molecular weight excluding hydrogens is 303 g/mol. The predicted octanol–water partition coefficient (Wildman–Crippen LogP) is 3.33. The first kappa shape index (κ1) is 16.6. The van der Waals surface area contributed by atoms with Crippen molar-refractivity contribution in [1.29, 1.82) is 0 Å². The Balaban J connectivity index is 1.50. The second kappa shape index (κ2) is 6.45. The van der Waals surface area contributed by atoms with Crippen molar-refractivity contribution < 1.29 is 19.2 Å². The number of benzene rings is 1. The maximum absolute atomic E-state index is 10.2. The van der Waals surface area contributed by atoms with Crippen molar-refractivity contribution in [3.05, 3.63) is 35.9 Å². The van der Waals surface area contributed by atoms with Crippen molar-refractivity contribution in [2.75, 3.05) is 0 Å². The first-order valence-electron chi connectivity index (χ1n) is 9.35. The highest BCUT2D eigenvalue weighted by molar-refractivity contribution is 6.43. The van der Waals surface area contributed by atoms with Crippen LogP contribution < -0.4 is 0 Å². The quantitative estimate of drug-likeness (QED) is 0.864. The molecule has 0 unspecified atom stereocenters. The van der Waals surface area contributed by atoms with E-state index in [1.165, 1.54) is 12.0 Å². The van der Waals surface area contributed by atoms with E-state index < -0.39 is 18.5 Å². The van der Waals surface area contributed by atoms with E-state index in [1.54, 1.807) is 0 Å². The molecular formula is C19H27BO4. The van der Waals surface area contributed by atoms with Crippen LogP contribution in [-0.2, 0) is 20.5 Å². The molecule has 1 N–H and O–H groups in total. The summed E-state index contributed by atoms with van der Waals surface area (Å²) in [6, 6.07) is 10.4. The molecule has 24 heavy (non-hydrogen) atoms. The minimum absolute atomic E-state index is 0.0832. The van der Waals surface area contributed by atoms with Gasteiger partial charge >= 0.3 is 7.12 Å². The Kier molecular flexibility index (Phi) is 4.46. The van der Waals surface area contributed by atoms with Gasteiger partial charge in [-0.2, -0.15) is 0 Å². The van der Waals surface area contributed by atoms with Gasteiger partial charge in [-0.3, -0.25) is 0 Å². The van der Waals surface area contributed by atoms with Crippen LogP contribution in [0.1, 0.15) is 51.0 Å². The van der Waals surface area contributed by atoms with Crippen LogP contribution in [0.2, 0.25) is 6.32 Å². The Morgan fingerprint density at radius 3 is 2.67 bits per heavy atom. The van der Waals surface area contributed by atoms with Crippen molar-refractivity contribution in [3.63, 3.8) is 0 Å². The summed E-state index contributed by atoms with van der Waals surface area (Å²) in [6.45, 7) is 2.11. The molecule has 3 atom stereocenters. The normalized spacial score (nSPS) is 35.2. The number of ether oxygens (including phenoxy) is 2.